The van der Waals surface area contributed by atoms with E-state index in [1.165, 1.54) is 29.7 Å². The Bertz CT molecular complexity index is 1020. The van der Waals surface area contributed by atoms with E-state index in [2.05, 4.69) is 37.5 Å². The second-order valence-corrected chi connectivity index (χ2v) is 11.9. The molecule has 1 saturated carbocycles. The van der Waals surface area contributed by atoms with Gasteiger partial charge in [0.15, 0.2) is 0 Å². The van der Waals surface area contributed by atoms with Crippen LogP contribution in [0, 0.1) is 18.2 Å². The fourth-order valence-electron chi connectivity index (χ4n) is 5.01. The second kappa shape index (κ2) is 11.9. The number of hydrogen-bond acceptors (Lipinski definition) is 5. The number of benzene rings is 1. The summed E-state index contributed by atoms with van der Waals surface area (Å²) in [5.74, 6) is 0.661. The topological polar surface area (TPSA) is 72.5 Å². The summed E-state index contributed by atoms with van der Waals surface area (Å²) in [6, 6.07) is 8.94. The largest absolute Gasteiger partial charge is 0.471 e. The highest BCUT2D eigenvalue weighted by molar-refractivity contribution is 5.81. The maximum Gasteiger partial charge on any atom is 0.249 e. The molecule has 1 aromatic heterocycles. The molecule has 0 bridgehead atoms. The summed E-state index contributed by atoms with van der Waals surface area (Å²) in [5.41, 5.74) is 3.75. The van der Waals surface area contributed by atoms with E-state index in [9.17, 15) is 9.18 Å². The molecule has 37 heavy (non-hydrogen) atoms. The molecular weight excluding hydrogens is 469 g/mol. The molecule has 1 aromatic carbocycles. The summed E-state index contributed by atoms with van der Waals surface area (Å²) in [4.78, 5) is 16.6. The number of rotatable bonds is 7. The summed E-state index contributed by atoms with van der Waals surface area (Å²) in [6.45, 7) is 10.9. The average Bonchev–Trinajstić information content (AvgIpc) is 2.78. The van der Waals surface area contributed by atoms with Crippen LogP contribution in [0.2, 0.25) is 0 Å². The van der Waals surface area contributed by atoms with Gasteiger partial charge < -0.3 is 20.1 Å². The highest BCUT2D eigenvalue weighted by Crippen LogP contribution is 2.48. The minimum atomic E-state index is -0.226. The summed E-state index contributed by atoms with van der Waals surface area (Å²) < 4.78 is 23.7. The minimum Gasteiger partial charge on any atom is -0.471 e. The van der Waals surface area contributed by atoms with E-state index in [0.717, 1.165) is 56.5 Å². The van der Waals surface area contributed by atoms with Crippen LogP contribution in [0.5, 0.6) is 5.88 Å². The number of ether oxygens (including phenoxy) is 2. The maximum absolute atomic E-state index is 12.1. The molecular formula is C30H42FN3O3. The van der Waals surface area contributed by atoms with Gasteiger partial charge in [-0.15, -0.1) is 0 Å². The lowest BCUT2D eigenvalue weighted by atomic mass is 9.73. The zero-order valence-corrected chi connectivity index (χ0v) is 22.7. The van der Waals surface area contributed by atoms with Gasteiger partial charge >= 0.3 is 0 Å². The van der Waals surface area contributed by atoms with Crippen LogP contribution in [0.15, 0.2) is 36.5 Å². The van der Waals surface area contributed by atoms with Gasteiger partial charge in [0.05, 0.1) is 6.61 Å². The van der Waals surface area contributed by atoms with E-state index >= 15 is 0 Å². The predicted octanol–water partition coefficient (Wildman–Crippen LogP) is 5.44. The van der Waals surface area contributed by atoms with Crippen LogP contribution >= 0.6 is 0 Å². The number of pyridine rings is 1. The normalized spacial score (nSPS) is 21.4. The zero-order chi connectivity index (χ0) is 26.5. The molecule has 1 aliphatic carbocycles. The fourth-order valence-corrected chi connectivity index (χ4v) is 5.01. The number of fused-ring (bicyclic) bond motifs is 1. The maximum atomic E-state index is 12.1. The van der Waals surface area contributed by atoms with Crippen LogP contribution in [0.25, 0.3) is 0 Å². The highest BCUT2D eigenvalue weighted by atomic mass is 19.1. The molecule has 2 unspecified atom stereocenters. The second-order valence-electron chi connectivity index (χ2n) is 11.9. The smallest absolute Gasteiger partial charge is 0.249 e. The number of amides is 1. The Morgan fingerprint density at radius 2 is 1.92 bits per heavy atom. The first-order valence-electron chi connectivity index (χ1n) is 13.7. The van der Waals surface area contributed by atoms with Gasteiger partial charge in [0, 0.05) is 37.2 Å². The van der Waals surface area contributed by atoms with Crippen LogP contribution in [0.1, 0.15) is 82.0 Å². The molecule has 7 heteroatoms. The minimum absolute atomic E-state index is 0.0251. The first-order valence-corrected chi connectivity index (χ1v) is 13.7. The standard InChI is InChI=1S/C23H35N3O3.C7H7F/c1-22(2,3)13-16-12-17-18(14-23(7-4-8-23)29-21(17)26-15-16)24-9-5-10-25-20(27)19-6-11-28-19;1-6-2-4-7(8)5-3-6/h12,15,18-19,24H,4-11,13-14H2,1-3H3,(H,25,27);2-5H,1H3. The molecule has 3 heterocycles. The Morgan fingerprint density at radius 3 is 2.49 bits per heavy atom. The molecule has 202 valence electrons. The van der Waals surface area contributed by atoms with Crippen LogP contribution in [-0.2, 0) is 16.0 Å². The molecule has 2 fully saturated rings. The van der Waals surface area contributed by atoms with Crippen molar-refractivity contribution in [1.82, 2.24) is 15.6 Å². The van der Waals surface area contributed by atoms with E-state index < -0.39 is 0 Å². The van der Waals surface area contributed by atoms with Gasteiger partial charge in [0.2, 0.25) is 11.8 Å². The quantitative estimate of drug-likeness (QED) is 0.485. The van der Waals surface area contributed by atoms with E-state index in [1.807, 2.05) is 13.1 Å². The monoisotopic (exact) mass is 511 g/mol. The van der Waals surface area contributed by atoms with Crippen molar-refractivity contribution >= 4 is 5.91 Å². The molecule has 6 nitrogen and oxygen atoms in total. The molecule has 3 aliphatic rings. The van der Waals surface area contributed by atoms with Crippen molar-refractivity contribution in [2.45, 2.75) is 90.4 Å². The van der Waals surface area contributed by atoms with Crippen LogP contribution in [-0.4, -0.2) is 42.3 Å². The molecule has 0 radical (unpaired) electrons. The van der Waals surface area contributed by atoms with Crippen molar-refractivity contribution < 1.29 is 18.7 Å². The highest BCUT2D eigenvalue weighted by Gasteiger charge is 2.46. The van der Waals surface area contributed by atoms with E-state index in [1.54, 1.807) is 12.1 Å². The summed E-state index contributed by atoms with van der Waals surface area (Å²) >= 11 is 0. The Kier molecular flexibility index (Phi) is 8.86. The van der Waals surface area contributed by atoms with Gasteiger partial charge in [0.25, 0.3) is 0 Å². The Balaban J connectivity index is 0.000000342. The molecule has 2 aliphatic heterocycles. The molecule has 1 saturated heterocycles. The molecule has 2 atom stereocenters. The van der Waals surface area contributed by atoms with Crippen molar-refractivity contribution in [2.24, 2.45) is 5.41 Å². The zero-order valence-electron chi connectivity index (χ0n) is 22.7. The van der Waals surface area contributed by atoms with Gasteiger partial charge in [-0.1, -0.05) is 38.5 Å². The van der Waals surface area contributed by atoms with E-state index in [0.29, 0.717) is 13.2 Å². The summed E-state index contributed by atoms with van der Waals surface area (Å²) in [6.07, 6.45) is 8.97. The third-order valence-electron chi connectivity index (χ3n) is 7.25. The molecule has 2 N–H and O–H groups in total. The third kappa shape index (κ3) is 7.74. The lowest BCUT2D eigenvalue weighted by Crippen LogP contribution is -2.49. The molecule has 1 spiro atoms. The van der Waals surface area contributed by atoms with Crippen molar-refractivity contribution in [1.29, 1.82) is 0 Å². The van der Waals surface area contributed by atoms with Gasteiger partial charge in [-0.05, 0) is 74.8 Å². The SMILES string of the molecule is CC(C)(C)Cc1cnc2c(c1)C(NCCCNC(=O)C1CCO1)CC1(CCC1)O2.Cc1ccc(F)cc1. The van der Waals surface area contributed by atoms with Crippen molar-refractivity contribution in [2.75, 3.05) is 19.7 Å². The van der Waals surface area contributed by atoms with Gasteiger partial charge in [0.1, 0.15) is 17.5 Å². The van der Waals surface area contributed by atoms with Gasteiger partial charge in [-0.2, -0.15) is 0 Å². The van der Waals surface area contributed by atoms with Crippen LogP contribution < -0.4 is 15.4 Å². The van der Waals surface area contributed by atoms with E-state index in [4.69, 9.17) is 14.5 Å². The van der Waals surface area contributed by atoms with Crippen molar-refractivity contribution in [3.8, 4) is 5.88 Å². The number of hydrogen-bond donors (Lipinski definition) is 2. The van der Waals surface area contributed by atoms with Crippen LogP contribution in [0.3, 0.4) is 0 Å². The third-order valence-corrected chi connectivity index (χ3v) is 7.25. The Labute approximate surface area is 220 Å². The van der Waals surface area contributed by atoms with Gasteiger partial charge in [-0.25, -0.2) is 9.37 Å². The van der Waals surface area contributed by atoms with Crippen LogP contribution in [0.4, 0.5) is 4.39 Å². The lowest BCUT2D eigenvalue weighted by Gasteiger charge is -2.47. The first-order chi connectivity index (χ1) is 17.6. The number of aromatic nitrogens is 1. The number of carbonyl (C=O) groups is 1. The first kappa shape index (κ1) is 27.5. The van der Waals surface area contributed by atoms with E-state index in [-0.39, 0.29) is 34.9 Å². The fraction of sp³-hybridized carbons (Fsp3) is 0.600. The Morgan fingerprint density at radius 1 is 1.19 bits per heavy atom. The number of halogens is 1. The lowest BCUT2D eigenvalue weighted by molar-refractivity contribution is -0.144. The summed E-state index contributed by atoms with van der Waals surface area (Å²) in [5, 5.41) is 6.69. The molecule has 5 rings (SSSR count). The number of nitrogens with one attached hydrogen (secondary N) is 2. The Hall–Kier alpha value is -2.51. The van der Waals surface area contributed by atoms with Gasteiger partial charge in [-0.3, -0.25) is 4.79 Å². The van der Waals surface area contributed by atoms with Crippen molar-refractivity contribution in [3.05, 3.63) is 59.0 Å². The molecule has 2 aromatic rings. The van der Waals surface area contributed by atoms with Crippen molar-refractivity contribution in [3.63, 3.8) is 0 Å². The number of carbonyl (C=O) groups excluding carboxylic acids is 1. The molecule has 1 amide bonds. The number of nitrogens with zero attached hydrogens (tertiary/aromatic N) is 1. The average molecular weight is 512 g/mol. The predicted molar refractivity (Wildman–Crippen MR) is 143 cm³/mol. The summed E-state index contributed by atoms with van der Waals surface area (Å²) in [7, 11) is 0. The number of aryl methyl sites for hydroxylation is 1.